The normalized spacial score (nSPS) is 11.2. The van der Waals surface area contributed by atoms with Gasteiger partial charge in [-0.3, -0.25) is 0 Å². The van der Waals surface area contributed by atoms with E-state index in [4.69, 9.17) is 5.11 Å². The van der Waals surface area contributed by atoms with Crippen LogP contribution >= 0.6 is 0 Å². The van der Waals surface area contributed by atoms with E-state index in [2.05, 4.69) is 14.7 Å². The Morgan fingerprint density at radius 1 is 0.962 bits per heavy atom. The number of carbonyl (C=O) groups is 1. The summed E-state index contributed by atoms with van der Waals surface area (Å²) in [5.74, 6) is -0.544. The number of hydrogen-bond donors (Lipinski definition) is 1. The summed E-state index contributed by atoms with van der Waals surface area (Å²) in [6, 6.07) is 5.53. The van der Waals surface area contributed by atoms with Crippen molar-refractivity contribution in [3.8, 4) is 0 Å². The number of ether oxygens (including phenoxy) is 1. The van der Waals surface area contributed by atoms with Crippen molar-refractivity contribution in [2.75, 3.05) is 19.6 Å². The number of methoxy groups -OCH3 is 1. The third-order valence-electron chi connectivity index (χ3n) is 2.90. The van der Waals surface area contributed by atoms with E-state index >= 15 is 0 Å². The Morgan fingerprint density at radius 3 is 1.77 bits per heavy atom. The molecule has 0 saturated carbocycles. The van der Waals surface area contributed by atoms with E-state index in [-0.39, 0.29) is 22.2 Å². The Labute approximate surface area is 151 Å². The molecule has 26 heavy (non-hydrogen) atoms. The molecule has 0 aliphatic carbocycles. The summed E-state index contributed by atoms with van der Waals surface area (Å²) in [6.45, 7) is -0.128. The molecule has 11 heteroatoms. The third-order valence-corrected chi connectivity index (χ3v) is 4.90. The first-order chi connectivity index (χ1) is 12.0. The number of esters is 1. The summed E-state index contributed by atoms with van der Waals surface area (Å²) in [6.07, 6.45) is 4.65. The van der Waals surface area contributed by atoms with Crippen LogP contribution in [0.25, 0.3) is 0 Å². The van der Waals surface area contributed by atoms with Crippen molar-refractivity contribution in [1.82, 2.24) is 9.97 Å². The van der Waals surface area contributed by atoms with Gasteiger partial charge >= 0.3 is 5.97 Å². The number of hydrogen-bond acceptors (Lipinski definition) is 9. The molecule has 0 radical (unpaired) electrons. The van der Waals surface area contributed by atoms with Crippen molar-refractivity contribution < 1.29 is 31.5 Å². The molecule has 0 spiro atoms. The van der Waals surface area contributed by atoms with Crippen LogP contribution in [-0.4, -0.2) is 57.5 Å². The summed E-state index contributed by atoms with van der Waals surface area (Å²) in [4.78, 5) is 18.3. The molecular formula is C15H18N2O7S2. The van der Waals surface area contributed by atoms with E-state index in [1.165, 1.54) is 43.8 Å². The van der Waals surface area contributed by atoms with Gasteiger partial charge < -0.3 is 9.84 Å². The van der Waals surface area contributed by atoms with Gasteiger partial charge in [0.25, 0.3) is 0 Å². The quantitative estimate of drug-likeness (QED) is 0.712. The van der Waals surface area contributed by atoms with Crippen LogP contribution in [0.3, 0.4) is 0 Å². The van der Waals surface area contributed by atoms with Gasteiger partial charge in [-0.2, -0.15) is 0 Å². The van der Waals surface area contributed by atoms with Crippen molar-refractivity contribution in [1.29, 1.82) is 0 Å². The maximum absolute atomic E-state index is 11.0. The minimum absolute atomic E-state index is 0.0275. The summed E-state index contributed by atoms with van der Waals surface area (Å²) < 4.78 is 48.3. The average molecular weight is 402 g/mol. The number of aliphatic hydroxyl groups excluding tert-OH is 1. The number of aliphatic hydroxyl groups is 1. The molecule has 2 rings (SSSR count). The number of rotatable bonds is 4. The van der Waals surface area contributed by atoms with Crippen LogP contribution in [0.15, 0.2) is 46.7 Å². The Balaban J connectivity index is 0.000000263. The molecule has 2 aromatic heterocycles. The molecule has 1 N–H and O–H groups in total. The first-order valence-corrected chi connectivity index (χ1v) is 10.8. The van der Waals surface area contributed by atoms with Crippen LogP contribution in [0.5, 0.6) is 0 Å². The molecule has 0 amide bonds. The second kappa shape index (κ2) is 8.83. The zero-order chi connectivity index (χ0) is 20.0. The molecule has 0 atom stereocenters. The summed E-state index contributed by atoms with van der Waals surface area (Å²) in [5, 5.41) is 8.60. The number of sulfone groups is 2. The standard InChI is InChI=1S/C8H9NO4S.C7H9NO3S/c1-13-8(10)6-3-4-7(9-5-6)14(2,11)12;1-12(10,11)7-3-2-6(5-9)4-8-7/h3-5H,1-2H3;2-4,9H,5H2,1H3. The van der Waals surface area contributed by atoms with Crippen LogP contribution in [0.4, 0.5) is 0 Å². The maximum Gasteiger partial charge on any atom is 0.339 e. The highest BCUT2D eigenvalue weighted by Gasteiger charge is 2.11. The largest absolute Gasteiger partial charge is 0.465 e. The first kappa shape index (κ1) is 21.7. The smallest absolute Gasteiger partial charge is 0.339 e. The highest BCUT2D eigenvalue weighted by Crippen LogP contribution is 2.07. The molecule has 0 aliphatic rings. The lowest BCUT2D eigenvalue weighted by atomic mass is 10.3. The molecule has 0 saturated heterocycles. The Kier molecular flexibility index (Phi) is 7.36. The minimum Gasteiger partial charge on any atom is -0.465 e. The van der Waals surface area contributed by atoms with Crippen LogP contribution in [0.1, 0.15) is 15.9 Å². The fraction of sp³-hybridized carbons (Fsp3) is 0.267. The van der Waals surface area contributed by atoms with E-state index in [0.29, 0.717) is 5.56 Å². The second-order valence-electron chi connectivity index (χ2n) is 5.08. The first-order valence-electron chi connectivity index (χ1n) is 6.99. The van der Waals surface area contributed by atoms with E-state index in [9.17, 15) is 21.6 Å². The van der Waals surface area contributed by atoms with Gasteiger partial charge in [-0.1, -0.05) is 6.07 Å². The van der Waals surface area contributed by atoms with E-state index in [0.717, 1.165) is 12.5 Å². The molecule has 2 aromatic rings. The van der Waals surface area contributed by atoms with Crippen molar-refractivity contribution in [3.63, 3.8) is 0 Å². The molecule has 0 bridgehead atoms. The summed E-state index contributed by atoms with van der Waals surface area (Å²) in [5.41, 5.74) is 0.822. The van der Waals surface area contributed by atoms with E-state index < -0.39 is 25.6 Å². The van der Waals surface area contributed by atoms with Crippen LogP contribution in [-0.2, 0) is 31.0 Å². The highest BCUT2D eigenvalue weighted by molar-refractivity contribution is 7.90. The minimum atomic E-state index is -3.32. The van der Waals surface area contributed by atoms with Gasteiger partial charge in [0.2, 0.25) is 0 Å². The summed E-state index contributed by atoms with van der Waals surface area (Å²) in [7, 11) is -5.29. The molecule has 0 aromatic carbocycles. The highest BCUT2D eigenvalue weighted by atomic mass is 32.2. The molecule has 2 heterocycles. The predicted octanol–water partition coefficient (Wildman–Crippen LogP) is 0.249. The number of carbonyl (C=O) groups excluding carboxylic acids is 1. The van der Waals surface area contributed by atoms with Crippen molar-refractivity contribution in [2.45, 2.75) is 16.7 Å². The predicted molar refractivity (Wildman–Crippen MR) is 92.0 cm³/mol. The van der Waals surface area contributed by atoms with Gasteiger partial charge in [0.1, 0.15) is 0 Å². The van der Waals surface area contributed by atoms with Crippen molar-refractivity contribution in [3.05, 3.63) is 47.8 Å². The van der Waals surface area contributed by atoms with Gasteiger partial charge in [0.15, 0.2) is 29.7 Å². The zero-order valence-corrected chi connectivity index (χ0v) is 15.9. The fourth-order valence-electron chi connectivity index (χ4n) is 1.56. The van der Waals surface area contributed by atoms with E-state index in [1.54, 1.807) is 0 Å². The molecule has 0 aliphatic heterocycles. The average Bonchev–Trinajstić information content (AvgIpc) is 2.60. The van der Waals surface area contributed by atoms with Crippen LogP contribution < -0.4 is 0 Å². The molecule has 142 valence electrons. The van der Waals surface area contributed by atoms with E-state index in [1.807, 2.05) is 0 Å². The monoisotopic (exact) mass is 402 g/mol. The molecule has 9 nitrogen and oxygen atoms in total. The lowest BCUT2D eigenvalue weighted by Crippen LogP contribution is -2.05. The number of pyridine rings is 2. The van der Waals surface area contributed by atoms with Gasteiger partial charge in [-0.25, -0.2) is 31.6 Å². The van der Waals surface area contributed by atoms with Crippen molar-refractivity contribution >= 4 is 25.6 Å². The number of aromatic nitrogens is 2. The van der Waals surface area contributed by atoms with Crippen LogP contribution in [0, 0.1) is 0 Å². The summed E-state index contributed by atoms with van der Waals surface area (Å²) >= 11 is 0. The van der Waals surface area contributed by atoms with Gasteiger partial charge in [0, 0.05) is 24.9 Å². The number of nitrogens with zero attached hydrogens (tertiary/aromatic N) is 2. The lowest BCUT2D eigenvalue weighted by molar-refractivity contribution is 0.0600. The Hall–Kier alpha value is -2.37. The molecular weight excluding hydrogens is 384 g/mol. The second-order valence-corrected chi connectivity index (χ2v) is 9.01. The lowest BCUT2D eigenvalue weighted by Gasteiger charge is -1.99. The third kappa shape index (κ3) is 6.50. The zero-order valence-electron chi connectivity index (χ0n) is 14.3. The van der Waals surface area contributed by atoms with Gasteiger partial charge in [-0.05, 0) is 23.8 Å². The topological polar surface area (TPSA) is 141 Å². The SMILES string of the molecule is COC(=O)c1ccc(S(C)(=O)=O)nc1.CS(=O)(=O)c1ccc(CO)cn1. The Bertz CT molecular complexity index is 952. The molecule has 0 unspecified atom stereocenters. The van der Waals surface area contributed by atoms with Gasteiger partial charge in [0.05, 0.1) is 19.3 Å². The molecule has 0 fully saturated rings. The van der Waals surface area contributed by atoms with Crippen LogP contribution in [0.2, 0.25) is 0 Å². The van der Waals surface area contributed by atoms with Gasteiger partial charge in [-0.15, -0.1) is 0 Å². The van der Waals surface area contributed by atoms with Crippen molar-refractivity contribution in [2.24, 2.45) is 0 Å². The fourth-order valence-corrected chi connectivity index (χ4v) is 2.68. The maximum atomic E-state index is 11.0. The Morgan fingerprint density at radius 2 is 1.46 bits per heavy atom.